The second kappa shape index (κ2) is 8.63. The Morgan fingerprint density at radius 1 is 1.00 bits per heavy atom. The Balaban J connectivity index is 1.53. The van der Waals surface area contributed by atoms with E-state index in [1.165, 1.54) is 12.8 Å². The highest BCUT2D eigenvalue weighted by atomic mass is 16.2. The fourth-order valence-corrected chi connectivity index (χ4v) is 3.24. The van der Waals surface area contributed by atoms with E-state index >= 15 is 0 Å². The van der Waals surface area contributed by atoms with Gasteiger partial charge in [0.1, 0.15) is 0 Å². The molecule has 1 aliphatic carbocycles. The van der Waals surface area contributed by atoms with Crippen molar-refractivity contribution in [3.8, 4) is 0 Å². The van der Waals surface area contributed by atoms with Gasteiger partial charge in [-0.2, -0.15) is 0 Å². The molecule has 5 heteroatoms. The number of hydrogen-bond donors (Lipinski definition) is 3. The van der Waals surface area contributed by atoms with E-state index in [2.05, 4.69) is 10.6 Å². The quantitative estimate of drug-likeness (QED) is 0.748. The monoisotopic (exact) mass is 351 g/mol. The first-order valence-electron chi connectivity index (χ1n) is 9.13. The molecule has 2 amide bonds. The van der Waals surface area contributed by atoms with E-state index in [0.29, 0.717) is 17.7 Å². The lowest BCUT2D eigenvalue weighted by Gasteiger charge is -2.14. The van der Waals surface area contributed by atoms with Crippen LogP contribution in [0, 0.1) is 0 Å². The smallest absolute Gasteiger partial charge is 0.251 e. The van der Waals surface area contributed by atoms with Crippen LogP contribution in [0.3, 0.4) is 0 Å². The minimum absolute atomic E-state index is 0.0597. The Morgan fingerprint density at radius 3 is 2.31 bits per heavy atom. The minimum Gasteiger partial charge on any atom is -0.349 e. The largest absolute Gasteiger partial charge is 0.349 e. The van der Waals surface area contributed by atoms with Crippen LogP contribution < -0.4 is 16.4 Å². The molecule has 26 heavy (non-hydrogen) atoms. The van der Waals surface area contributed by atoms with Crippen molar-refractivity contribution in [2.24, 2.45) is 5.73 Å². The third-order valence-electron chi connectivity index (χ3n) is 4.74. The molecule has 2 aromatic rings. The van der Waals surface area contributed by atoms with Crippen LogP contribution in [0.15, 0.2) is 54.6 Å². The number of carbonyl (C=O) groups is 2. The molecule has 1 aliphatic rings. The highest BCUT2D eigenvalue weighted by molar-refractivity contribution is 5.97. The molecule has 0 saturated heterocycles. The van der Waals surface area contributed by atoms with Gasteiger partial charge in [0.05, 0.1) is 6.04 Å². The number of carbonyl (C=O) groups excluding carboxylic acids is 2. The number of nitrogens with two attached hydrogens (primary N) is 1. The second-order valence-electron chi connectivity index (χ2n) is 6.82. The van der Waals surface area contributed by atoms with Gasteiger partial charge in [0.25, 0.3) is 5.91 Å². The van der Waals surface area contributed by atoms with Gasteiger partial charge in [0.2, 0.25) is 5.91 Å². The van der Waals surface area contributed by atoms with Crippen LogP contribution in [0.1, 0.15) is 41.6 Å². The van der Waals surface area contributed by atoms with Crippen LogP contribution in [-0.2, 0) is 11.2 Å². The summed E-state index contributed by atoms with van der Waals surface area (Å²) in [5.41, 5.74) is 8.25. The maximum Gasteiger partial charge on any atom is 0.251 e. The van der Waals surface area contributed by atoms with Crippen LogP contribution in [0.2, 0.25) is 0 Å². The molecular weight excluding hydrogens is 326 g/mol. The minimum atomic E-state index is -0.622. The average molecular weight is 351 g/mol. The molecule has 1 saturated carbocycles. The maximum atomic E-state index is 12.3. The number of benzene rings is 2. The zero-order chi connectivity index (χ0) is 18.4. The van der Waals surface area contributed by atoms with E-state index in [1.54, 1.807) is 24.3 Å². The highest BCUT2D eigenvalue weighted by Crippen LogP contribution is 2.18. The first-order chi connectivity index (χ1) is 12.6. The van der Waals surface area contributed by atoms with Crippen LogP contribution in [-0.4, -0.2) is 23.9 Å². The summed E-state index contributed by atoms with van der Waals surface area (Å²) in [4.78, 5) is 24.5. The lowest BCUT2D eigenvalue weighted by molar-refractivity contribution is -0.117. The van der Waals surface area contributed by atoms with Crippen molar-refractivity contribution in [3.05, 3.63) is 65.7 Å². The predicted molar refractivity (Wildman–Crippen MR) is 103 cm³/mol. The molecule has 0 spiro atoms. The molecule has 136 valence electrons. The van der Waals surface area contributed by atoms with E-state index in [-0.39, 0.29) is 17.9 Å². The molecule has 1 atom stereocenters. The van der Waals surface area contributed by atoms with Crippen LogP contribution in [0.25, 0.3) is 0 Å². The summed E-state index contributed by atoms with van der Waals surface area (Å²) in [5, 5.41) is 5.86. The Morgan fingerprint density at radius 2 is 1.65 bits per heavy atom. The third kappa shape index (κ3) is 4.92. The van der Waals surface area contributed by atoms with E-state index < -0.39 is 6.04 Å². The van der Waals surface area contributed by atoms with Crippen LogP contribution in [0.4, 0.5) is 5.69 Å². The van der Waals surface area contributed by atoms with Gasteiger partial charge < -0.3 is 16.4 Å². The van der Waals surface area contributed by atoms with Gasteiger partial charge in [-0.3, -0.25) is 9.59 Å². The van der Waals surface area contributed by atoms with Crippen molar-refractivity contribution in [1.29, 1.82) is 0 Å². The summed E-state index contributed by atoms with van der Waals surface area (Å²) in [6.07, 6.45) is 4.95. The number of amides is 2. The fraction of sp³-hybridized carbons (Fsp3) is 0.333. The first kappa shape index (κ1) is 18.1. The van der Waals surface area contributed by atoms with Crippen molar-refractivity contribution in [3.63, 3.8) is 0 Å². The number of hydrogen-bond acceptors (Lipinski definition) is 3. The lowest BCUT2D eigenvalue weighted by Crippen LogP contribution is -2.37. The third-order valence-corrected chi connectivity index (χ3v) is 4.74. The molecule has 0 unspecified atom stereocenters. The van der Waals surface area contributed by atoms with E-state index in [9.17, 15) is 9.59 Å². The second-order valence-corrected chi connectivity index (χ2v) is 6.82. The number of nitrogens with one attached hydrogen (secondary N) is 2. The van der Waals surface area contributed by atoms with Gasteiger partial charge in [-0.1, -0.05) is 43.2 Å². The van der Waals surface area contributed by atoms with E-state index in [0.717, 1.165) is 18.4 Å². The van der Waals surface area contributed by atoms with Gasteiger partial charge in [0, 0.05) is 17.3 Å². The summed E-state index contributed by atoms with van der Waals surface area (Å²) in [6.45, 7) is 0. The van der Waals surface area contributed by atoms with Crippen molar-refractivity contribution in [2.75, 3.05) is 5.32 Å². The Kier molecular flexibility index (Phi) is 6.02. The molecule has 4 N–H and O–H groups in total. The van der Waals surface area contributed by atoms with Gasteiger partial charge in [0.15, 0.2) is 0 Å². The summed E-state index contributed by atoms with van der Waals surface area (Å²) in [7, 11) is 0. The molecule has 1 fully saturated rings. The Hall–Kier alpha value is -2.66. The summed E-state index contributed by atoms with van der Waals surface area (Å²) < 4.78 is 0. The Bertz CT molecular complexity index is 738. The zero-order valence-electron chi connectivity index (χ0n) is 14.8. The average Bonchev–Trinajstić information content (AvgIpc) is 3.16. The van der Waals surface area contributed by atoms with E-state index in [4.69, 9.17) is 5.73 Å². The van der Waals surface area contributed by atoms with Gasteiger partial charge >= 0.3 is 0 Å². The van der Waals surface area contributed by atoms with Gasteiger partial charge in [-0.25, -0.2) is 0 Å². The molecular formula is C21H25N3O2. The van der Waals surface area contributed by atoms with Crippen molar-refractivity contribution in [2.45, 2.75) is 44.2 Å². The van der Waals surface area contributed by atoms with Crippen LogP contribution in [0.5, 0.6) is 0 Å². The van der Waals surface area contributed by atoms with E-state index in [1.807, 2.05) is 30.3 Å². The molecule has 0 aromatic heterocycles. The first-order valence-corrected chi connectivity index (χ1v) is 9.13. The fourth-order valence-electron chi connectivity index (χ4n) is 3.24. The topological polar surface area (TPSA) is 84.2 Å². The predicted octanol–water partition coefficient (Wildman–Crippen LogP) is 2.87. The normalized spacial score (nSPS) is 15.4. The zero-order valence-corrected chi connectivity index (χ0v) is 14.8. The van der Waals surface area contributed by atoms with Crippen molar-refractivity contribution < 1.29 is 9.59 Å². The Labute approximate surface area is 154 Å². The summed E-state index contributed by atoms with van der Waals surface area (Å²) in [5.74, 6) is -0.299. The molecule has 3 rings (SSSR count). The summed E-state index contributed by atoms with van der Waals surface area (Å²) >= 11 is 0. The highest BCUT2D eigenvalue weighted by Gasteiger charge is 2.18. The molecule has 0 heterocycles. The standard InChI is InChI=1S/C21H25N3O2/c22-19(14-15-6-2-1-3-7-15)21(26)24-18-12-10-16(11-13-18)20(25)23-17-8-4-5-9-17/h1-3,6-7,10-13,17,19H,4-5,8-9,14,22H2,(H,23,25)(H,24,26)/t19-/m0/s1. The molecule has 0 aliphatic heterocycles. The number of rotatable bonds is 6. The van der Waals surface area contributed by atoms with Crippen LogP contribution >= 0.6 is 0 Å². The molecule has 0 radical (unpaired) electrons. The number of anilines is 1. The molecule has 2 aromatic carbocycles. The SMILES string of the molecule is N[C@@H](Cc1ccccc1)C(=O)Nc1ccc(C(=O)NC2CCCC2)cc1. The maximum absolute atomic E-state index is 12.3. The van der Waals surface area contributed by atoms with Gasteiger partial charge in [-0.15, -0.1) is 0 Å². The molecule has 0 bridgehead atoms. The van der Waals surface area contributed by atoms with Crippen molar-refractivity contribution >= 4 is 17.5 Å². The summed E-state index contributed by atoms with van der Waals surface area (Å²) in [6, 6.07) is 16.3. The molecule has 5 nitrogen and oxygen atoms in total. The lowest BCUT2D eigenvalue weighted by atomic mass is 10.1. The van der Waals surface area contributed by atoms with Gasteiger partial charge in [-0.05, 0) is 49.1 Å². The van der Waals surface area contributed by atoms with Crippen molar-refractivity contribution in [1.82, 2.24) is 5.32 Å².